The fourth-order valence-corrected chi connectivity index (χ4v) is 2.91. The Hall–Kier alpha value is -0.510. The van der Waals surface area contributed by atoms with Crippen LogP contribution in [0.25, 0.3) is 0 Å². The highest BCUT2D eigenvalue weighted by Crippen LogP contribution is 2.58. The molecule has 19 heavy (non-hydrogen) atoms. The van der Waals surface area contributed by atoms with Gasteiger partial charge >= 0.3 is 6.18 Å². The SMILES string of the molecule is C=C1C(C)C(OCC2(C(F)(F)F)CC2)CCC1(C)C. The van der Waals surface area contributed by atoms with E-state index in [1.807, 2.05) is 6.92 Å². The molecule has 2 atom stereocenters. The zero-order chi connectivity index (χ0) is 14.5. The Morgan fingerprint density at radius 1 is 1.26 bits per heavy atom. The Labute approximate surface area is 113 Å². The smallest absolute Gasteiger partial charge is 0.377 e. The molecule has 2 aliphatic rings. The monoisotopic (exact) mass is 276 g/mol. The third-order valence-electron chi connectivity index (χ3n) is 5.06. The predicted molar refractivity (Wildman–Crippen MR) is 68.8 cm³/mol. The lowest BCUT2D eigenvalue weighted by Crippen LogP contribution is -2.38. The molecule has 0 aromatic carbocycles. The van der Waals surface area contributed by atoms with E-state index in [4.69, 9.17) is 4.74 Å². The Balaban J connectivity index is 1.93. The molecule has 2 saturated carbocycles. The zero-order valence-electron chi connectivity index (χ0n) is 11.9. The summed E-state index contributed by atoms with van der Waals surface area (Å²) in [5.74, 6) is 0.132. The topological polar surface area (TPSA) is 9.23 Å². The Morgan fingerprint density at radius 3 is 2.32 bits per heavy atom. The highest BCUT2D eigenvalue weighted by atomic mass is 19.4. The van der Waals surface area contributed by atoms with Gasteiger partial charge in [-0.3, -0.25) is 0 Å². The van der Waals surface area contributed by atoms with Gasteiger partial charge in [-0.05, 0) is 31.1 Å². The molecule has 0 saturated heterocycles. The summed E-state index contributed by atoms with van der Waals surface area (Å²) in [4.78, 5) is 0. The van der Waals surface area contributed by atoms with E-state index in [1.165, 1.54) is 0 Å². The van der Waals surface area contributed by atoms with Crippen LogP contribution in [0.5, 0.6) is 0 Å². The van der Waals surface area contributed by atoms with Crippen molar-refractivity contribution < 1.29 is 17.9 Å². The predicted octanol–water partition coefficient (Wildman–Crippen LogP) is 4.73. The summed E-state index contributed by atoms with van der Waals surface area (Å²) in [6, 6.07) is 0. The third kappa shape index (κ3) is 2.69. The summed E-state index contributed by atoms with van der Waals surface area (Å²) in [5.41, 5.74) is -0.387. The molecule has 0 radical (unpaired) electrons. The molecule has 110 valence electrons. The Kier molecular flexibility index (Phi) is 3.53. The fourth-order valence-electron chi connectivity index (χ4n) is 2.91. The van der Waals surface area contributed by atoms with Gasteiger partial charge in [0, 0.05) is 5.92 Å². The molecule has 2 unspecified atom stereocenters. The highest BCUT2D eigenvalue weighted by Gasteiger charge is 2.63. The summed E-state index contributed by atoms with van der Waals surface area (Å²) < 4.78 is 44.2. The summed E-state index contributed by atoms with van der Waals surface area (Å²) in [6.07, 6.45) is -2.06. The fraction of sp³-hybridized carbons (Fsp3) is 0.867. The minimum atomic E-state index is -4.12. The van der Waals surface area contributed by atoms with Gasteiger partial charge < -0.3 is 4.74 Å². The minimum absolute atomic E-state index is 0.0700. The number of alkyl halides is 3. The van der Waals surface area contributed by atoms with Gasteiger partial charge in [0.15, 0.2) is 0 Å². The van der Waals surface area contributed by atoms with E-state index in [0.717, 1.165) is 18.4 Å². The van der Waals surface area contributed by atoms with Gasteiger partial charge in [-0.25, -0.2) is 0 Å². The van der Waals surface area contributed by atoms with Crippen LogP contribution < -0.4 is 0 Å². The molecule has 0 amide bonds. The second-order valence-electron chi connectivity index (χ2n) is 6.86. The summed E-state index contributed by atoms with van der Waals surface area (Å²) in [7, 11) is 0. The lowest BCUT2D eigenvalue weighted by molar-refractivity contribution is -0.208. The first kappa shape index (κ1) is 14.9. The Bertz CT molecular complexity index is 366. The lowest BCUT2D eigenvalue weighted by atomic mass is 9.68. The first-order chi connectivity index (χ1) is 8.59. The highest BCUT2D eigenvalue weighted by molar-refractivity contribution is 5.15. The largest absolute Gasteiger partial charge is 0.396 e. The van der Waals surface area contributed by atoms with Crippen molar-refractivity contribution in [1.29, 1.82) is 0 Å². The zero-order valence-corrected chi connectivity index (χ0v) is 11.9. The van der Waals surface area contributed by atoms with E-state index in [-0.39, 0.29) is 36.9 Å². The number of halogens is 3. The molecule has 0 bridgehead atoms. The first-order valence-electron chi connectivity index (χ1n) is 6.97. The lowest BCUT2D eigenvalue weighted by Gasteiger charge is -2.42. The van der Waals surface area contributed by atoms with Crippen LogP contribution in [0.2, 0.25) is 0 Å². The van der Waals surface area contributed by atoms with Crippen LogP contribution >= 0.6 is 0 Å². The van der Waals surface area contributed by atoms with Crippen molar-refractivity contribution >= 4 is 0 Å². The third-order valence-corrected chi connectivity index (χ3v) is 5.06. The molecule has 0 N–H and O–H groups in total. The number of ether oxygens (including phenoxy) is 1. The molecule has 2 fully saturated rings. The molecule has 0 spiro atoms. The van der Waals surface area contributed by atoms with Crippen LogP contribution in [0.4, 0.5) is 13.2 Å². The van der Waals surface area contributed by atoms with Gasteiger partial charge in [0.2, 0.25) is 0 Å². The van der Waals surface area contributed by atoms with Gasteiger partial charge in [-0.1, -0.05) is 32.9 Å². The average molecular weight is 276 g/mol. The average Bonchev–Trinajstić information content (AvgIpc) is 3.06. The first-order valence-corrected chi connectivity index (χ1v) is 6.97. The molecular formula is C15H23F3O. The van der Waals surface area contributed by atoms with E-state index in [0.29, 0.717) is 0 Å². The van der Waals surface area contributed by atoms with Crippen molar-refractivity contribution in [2.24, 2.45) is 16.7 Å². The second-order valence-corrected chi connectivity index (χ2v) is 6.86. The molecule has 4 heteroatoms. The van der Waals surface area contributed by atoms with E-state index in [2.05, 4.69) is 20.4 Å². The van der Waals surface area contributed by atoms with Gasteiger partial charge in [0.25, 0.3) is 0 Å². The van der Waals surface area contributed by atoms with Crippen molar-refractivity contribution in [3.8, 4) is 0 Å². The number of hydrogen-bond donors (Lipinski definition) is 0. The van der Waals surface area contributed by atoms with Crippen molar-refractivity contribution in [3.05, 3.63) is 12.2 Å². The molecule has 0 heterocycles. The quantitative estimate of drug-likeness (QED) is 0.677. The van der Waals surface area contributed by atoms with Crippen LogP contribution in [0, 0.1) is 16.7 Å². The van der Waals surface area contributed by atoms with Gasteiger partial charge in [-0.2, -0.15) is 13.2 Å². The molecular weight excluding hydrogens is 253 g/mol. The van der Waals surface area contributed by atoms with Crippen LogP contribution in [-0.2, 0) is 4.74 Å². The van der Waals surface area contributed by atoms with E-state index in [1.54, 1.807) is 0 Å². The normalized spacial score (nSPS) is 33.3. The standard InChI is InChI=1S/C15H23F3O/c1-10-11(2)13(3,4)6-5-12(10)19-9-14(7-8-14)15(16,17)18/h10,12H,2,5-9H2,1,3-4H3. The Morgan fingerprint density at radius 2 is 1.84 bits per heavy atom. The maximum atomic E-state index is 12.8. The van der Waals surface area contributed by atoms with Gasteiger partial charge in [-0.15, -0.1) is 0 Å². The molecule has 1 nitrogen and oxygen atoms in total. The summed E-state index contributed by atoms with van der Waals surface area (Å²) >= 11 is 0. The van der Waals surface area contributed by atoms with Crippen molar-refractivity contribution in [1.82, 2.24) is 0 Å². The number of hydrogen-bond acceptors (Lipinski definition) is 1. The van der Waals surface area contributed by atoms with Gasteiger partial charge in [0.05, 0.1) is 18.1 Å². The van der Waals surface area contributed by atoms with E-state index in [9.17, 15) is 13.2 Å². The second kappa shape index (κ2) is 4.51. The van der Waals surface area contributed by atoms with Crippen LogP contribution in [0.3, 0.4) is 0 Å². The molecule has 2 rings (SSSR count). The molecule has 2 aliphatic carbocycles. The van der Waals surface area contributed by atoms with Crippen LogP contribution in [0.15, 0.2) is 12.2 Å². The van der Waals surface area contributed by atoms with Gasteiger partial charge in [0.1, 0.15) is 0 Å². The maximum absolute atomic E-state index is 12.8. The van der Waals surface area contributed by atoms with E-state index < -0.39 is 11.6 Å². The molecule has 0 aliphatic heterocycles. The minimum Gasteiger partial charge on any atom is -0.377 e. The summed E-state index contributed by atoms with van der Waals surface area (Å²) in [5, 5.41) is 0. The molecule has 0 aromatic heterocycles. The van der Waals surface area contributed by atoms with Crippen molar-refractivity contribution in [2.75, 3.05) is 6.61 Å². The number of rotatable bonds is 3. The van der Waals surface area contributed by atoms with Crippen LogP contribution in [-0.4, -0.2) is 18.9 Å². The molecule has 0 aromatic rings. The van der Waals surface area contributed by atoms with Crippen molar-refractivity contribution in [2.45, 2.75) is 58.7 Å². The van der Waals surface area contributed by atoms with Crippen LogP contribution in [0.1, 0.15) is 46.5 Å². The summed E-state index contributed by atoms with van der Waals surface area (Å²) in [6.45, 7) is 10.2. The maximum Gasteiger partial charge on any atom is 0.396 e. The van der Waals surface area contributed by atoms with E-state index >= 15 is 0 Å². The van der Waals surface area contributed by atoms with Crippen molar-refractivity contribution in [3.63, 3.8) is 0 Å².